The average molecular weight is 364 g/mol. The number of likely N-dealkylation sites (N-methyl/N-ethyl adjacent to an activating group) is 1. The molecule has 12 nitrogen and oxygen atoms in total. The Labute approximate surface area is 137 Å². The molecule has 0 amide bonds. The fourth-order valence-electron chi connectivity index (χ4n) is 0.374. The van der Waals surface area contributed by atoms with Gasteiger partial charge in [-0.25, -0.2) is 10.7 Å². The summed E-state index contributed by atoms with van der Waals surface area (Å²) in [7, 11) is 5.86. The second-order valence-electron chi connectivity index (χ2n) is 2.93. The van der Waals surface area contributed by atoms with Crippen LogP contribution in [0.1, 0.15) is 0 Å². The van der Waals surface area contributed by atoms with Crippen molar-refractivity contribution in [3.63, 3.8) is 0 Å². The number of aliphatic carboxylic acids is 2. The molecule has 138 valence electrons. The molecule has 0 unspecified atom stereocenters. The molecule has 0 fully saturated rings. The SMILES string of the molecule is CON.CON(C)CC(=O)Cl.CONCC(=O)O.O=CC(=O)O. The van der Waals surface area contributed by atoms with Gasteiger partial charge in [-0.2, -0.15) is 10.5 Å². The van der Waals surface area contributed by atoms with Gasteiger partial charge in [0, 0.05) is 7.05 Å². The summed E-state index contributed by atoms with van der Waals surface area (Å²) in [6, 6.07) is 0. The van der Waals surface area contributed by atoms with Crippen LogP contribution in [-0.2, 0) is 33.7 Å². The van der Waals surface area contributed by atoms with E-state index in [2.05, 4.69) is 25.9 Å². The van der Waals surface area contributed by atoms with E-state index < -0.39 is 17.2 Å². The van der Waals surface area contributed by atoms with Crippen molar-refractivity contribution in [1.29, 1.82) is 0 Å². The van der Waals surface area contributed by atoms with E-state index in [0.29, 0.717) is 0 Å². The third-order valence-corrected chi connectivity index (χ3v) is 1.25. The average Bonchev–Trinajstić information content (AvgIpc) is 2.46. The minimum absolute atomic E-state index is 0.123. The van der Waals surface area contributed by atoms with E-state index in [1.807, 2.05) is 0 Å². The number of carboxylic acids is 2. The molecule has 0 radical (unpaired) electrons. The van der Waals surface area contributed by atoms with Crippen LogP contribution >= 0.6 is 11.6 Å². The van der Waals surface area contributed by atoms with Gasteiger partial charge < -0.3 is 24.7 Å². The van der Waals surface area contributed by atoms with Gasteiger partial charge in [0.1, 0.15) is 6.54 Å². The zero-order valence-electron chi connectivity index (χ0n) is 13.1. The molecule has 0 bridgehead atoms. The van der Waals surface area contributed by atoms with E-state index in [-0.39, 0.29) is 19.4 Å². The Balaban J connectivity index is -0.000000111. The van der Waals surface area contributed by atoms with Gasteiger partial charge in [-0.3, -0.25) is 14.4 Å². The number of nitrogens with zero attached hydrogens (tertiary/aromatic N) is 1. The maximum Gasteiger partial charge on any atom is 0.368 e. The molecule has 0 saturated carbocycles. The number of hydroxylamine groups is 3. The molecule has 0 aromatic carbocycles. The number of hydrogen-bond donors (Lipinski definition) is 4. The first kappa shape index (κ1) is 29.4. The Hall–Kier alpha value is -1.67. The number of carboxylic acid groups (broad SMARTS) is 2. The zero-order chi connectivity index (χ0) is 19.3. The second-order valence-corrected chi connectivity index (χ2v) is 3.36. The molecule has 0 spiro atoms. The highest BCUT2D eigenvalue weighted by molar-refractivity contribution is 6.64. The quantitative estimate of drug-likeness (QED) is 0.173. The summed E-state index contributed by atoms with van der Waals surface area (Å²) in [4.78, 5) is 50.1. The lowest BCUT2D eigenvalue weighted by molar-refractivity contribution is -0.143. The lowest BCUT2D eigenvalue weighted by Gasteiger charge is -2.08. The van der Waals surface area contributed by atoms with Gasteiger partial charge in [-0.05, 0) is 11.6 Å². The number of nitrogens with two attached hydrogens (primary N) is 1. The van der Waals surface area contributed by atoms with Gasteiger partial charge in [0.15, 0.2) is 0 Å². The summed E-state index contributed by atoms with van der Waals surface area (Å²) in [5, 5.41) is 16.2. The van der Waals surface area contributed by atoms with Crippen LogP contribution in [0.5, 0.6) is 0 Å². The summed E-state index contributed by atoms with van der Waals surface area (Å²) in [6.07, 6.45) is -0.167. The minimum atomic E-state index is -1.43. The van der Waals surface area contributed by atoms with Crippen molar-refractivity contribution >= 4 is 35.1 Å². The number of hydrogen-bond acceptors (Lipinski definition) is 10. The Kier molecular flexibility index (Phi) is 32.3. The van der Waals surface area contributed by atoms with Crippen molar-refractivity contribution in [2.24, 2.45) is 5.90 Å². The Morgan fingerprint density at radius 3 is 1.74 bits per heavy atom. The molecule has 0 saturated heterocycles. The number of rotatable bonds is 7. The van der Waals surface area contributed by atoms with Crippen LogP contribution in [-0.4, -0.2) is 80.2 Å². The van der Waals surface area contributed by atoms with Crippen molar-refractivity contribution in [3.05, 3.63) is 0 Å². The van der Waals surface area contributed by atoms with Gasteiger partial charge in [0.25, 0.3) is 0 Å². The van der Waals surface area contributed by atoms with E-state index in [1.54, 1.807) is 7.05 Å². The van der Waals surface area contributed by atoms with Crippen molar-refractivity contribution in [1.82, 2.24) is 10.5 Å². The summed E-state index contributed by atoms with van der Waals surface area (Å²) < 4.78 is 0. The van der Waals surface area contributed by atoms with Crippen molar-refractivity contribution < 1.29 is 43.9 Å². The van der Waals surface area contributed by atoms with Crippen LogP contribution in [0.15, 0.2) is 0 Å². The number of aldehydes is 1. The van der Waals surface area contributed by atoms with E-state index in [9.17, 15) is 9.59 Å². The number of nitrogens with one attached hydrogen (secondary N) is 1. The third kappa shape index (κ3) is 64.0. The van der Waals surface area contributed by atoms with E-state index in [1.165, 1.54) is 26.4 Å². The largest absolute Gasteiger partial charge is 0.480 e. The van der Waals surface area contributed by atoms with Crippen LogP contribution < -0.4 is 11.4 Å². The highest BCUT2D eigenvalue weighted by Crippen LogP contribution is 1.84. The number of carbonyl (C=O) groups is 4. The highest BCUT2D eigenvalue weighted by atomic mass is 35.5. The van der Waals surface area contributed by atoms with E-state index in [4.69, 9.17) is 31.4 Å². The summed E-state index contributed by atoms with van der Waals surface area (Å²) in [5.74, 6) is 1.99. The topological polar surface area (TPSA) is 178 Å². The third-order valence-electron chi connectivity index (χ3n) is 1.13. The first-order chi connectivity index (χ1) is 10.6. The fourth-order valence-corrected chi connectivity index (χ4v) is 0.542. The molecule has 0 rings (SSSR count). The maximum absolute atomic E-state index is 10.1. The molecule has 23 heavy (non-hydrogen) atoms. The first-order valence-corrected chi connectivity index (χ1v) is 5.82. The molecular formula is C10H22ClN3O9. The normalized spacial score (nSPS) is 8.30. The van der Waals surface area contributed by atoms with Gasteiger partial charge >= 0.3 is 11.9 Å². The van der Waals surface area contributed by atoms with Crippen LogP contribution in [0.25, 0.3) is 0 Å². The highest BCUT2D eigenvalue weighted by Gasteiger charge is 1.99. The predicted octanol–water partition coefficient (Wildman–Crippen LogP) is -1.76. The van der Waals surface area contributed by atoms with Gasteiger partial charge in [-0.1, -0.05) is 0 Å². The van der Waals surface area contributed by atoms with Gasteiger partial charge in [0.05, 0.1) is 27.9 Å². The second kappa shape index (κ2) is 25.3. The maximum atomic E-state index is 10.1. The zero-order valence-corrected chi connectivity index (χ0v) is 13.9. The standard InChI is InChI=1S/C4H8ClNO2.C3H7NO3.C2H2O3.CH5NO/c1-6(8-2)3-4(5)7;1-7-4-2-3(5)6;3-1-2(4)5;1-3-2/h3H2,1-2H3;4H,2H2,1H3,(H,5,6);1H,(H,4,5);2H2,1H3. The van der Waals surface area contributed by atoms with Gasteiger partial charge in [0.2, 0.25) is 11.5 Å². The van der Waals surface area contributed by atoms with Crippen LogP contribution in [0, 0.1) is 0 Å². The van der Waals surface area contributed by atoms with Crippen molar-refractivity contribution in [3.8, 4) is 0 Å². The molecule has 0 aliphatic rings. The monoisotopic (exact) mass is 363 g/mol. The predicted molar refractivity (Wildman–Crippen MR) is 78.0 cm³/mol. The molecular weight excluding hydrogens is 342 g/mol. The molecule has 0 aliphatic carbocycles. The summed E-state index contributed by atoms with van der Waals surface area (Å²) >= 11 is 4.99. The molecule has 0 atom stereocenters. The number of carbonyl (C=O) groups excluding carboxylic acids is 2. The molecule has 13 heteroatoms. The molecule has 0 aromatic heterocycles. The Morgan fingerprint density at radius 2 is 1.65 bits per heavy atom. The summed E-state index contributed by atoms with van der Waals surface area (Å²) in [5.41, 5.74) is 2.15. The molecule has 5 N–H and O–H groups in total. The number of halogens is 1. The smallest absolute Gasteiger partial charge is 0.368 e. The lowest BCUT2D eigenvalue weighted by atomic mass is 10.7. The van der Waals surface area contributed by atoms with E-state index >= 15 is 0 Å². The van der Waals surface area contributed by atoms with Crippen LogP contribution in [0.2, 0.25) is 0 Å². The molecule has 0 aliphatic heterocycles. The molecule has 0 aromatic rings. The Morgan fingerprint density at radius 1 is 1.26 bits per heavy atom. The Bertz CT molecular complexity index is 318. The van der Waals surface area contributed by atoms with Gasteiger partial charge in [-0.15, -0.1) is 0 Å². The van der Waals surface area contributed by atoms with Crippen LogP contribution in [0.4, 0.5) is 0 Å². The van der Waals surface area contributed by atoms with E-state index in [0.717, 1.165) is 0 Å². The first-order valence-electron chi connectivity index (χ1n) is 5.44. The van der Waals surface area contributed by atoms with Crippen LogP contribution in [0.3, 0.4) is 0 Å². The van der Waals surface area contributed by atoms with Crippen molar-refractivity contribution in [2.75, 3.05) is 41.5 Å². The van der Waals surface area contributed by atoms with Crippen molar-refractivity contribution in [2.45, 2.75) is 0 Å². The summed E-state index contributed by atoms with van der Waals surface area (Å²) in [6.45, 7) is -0.0332. The minimum Gasteiger partial charge on any atom is -0.480 e. The fraction of sp³-hybridized carbons (Fsp3) is 0.600. The molecule has 0 heterocycles. The lowest BCUT2D eigenvalue weighted by Crippen LogP contribution is -2.21.